The SMILES string of the molecule is [Br-].[Br-].[CH3][Sn+2][CH2]CCCCN. The van der Waals surface area contributed by atoms with E-state index in [0.717, 1.165) is 6.54 Å². The predicted molar refractivity (Wildman–Crippen MR) is 39.3 cm³/mol. The van der Waals surface area contributed by atoms with Crippen LogP contribution >= 0.6 is 0 Å². The summed E-state index contributed by atoms with van der Waals surface area (Å²) < 4.78 is 1.54. The summed E-state index contributed by atoms with van der Waals surface area (Å²) in [6, 6.07) is 0. The molecule has 0 unspecified atom stereocenters. The van der Waals surface area contributed by atoms with Gasteiger partial charge in [-0.1, -0.05) is 0 Å². The monoisotopic (exact) mass is 379 g/mol. The van der Waals surface area contributed by atoms with Gasteiger partial charge in [0.15, 0.2) is 0 Å². The molecule has 10 heavy (non-hydrogen) atoms. The topological polar surface area (TPSA) is 26.0 Å². The number of hydrogen-bond acceptors (Lipinski definition) is 1. The quantitative estimate of drug-likeness (QED) is 0.377. The molecule has 0 bridgehead atoms. The van der Waals surface area contributed by atoms with Gasteiger partial charge < -0.3 is 34.0 Å². The average molecular weight is 380 g/mol. The molecule has 1 nitrogen and oxygen atoms in total. The molecule has 0 radical (unpaired) electrons. The normalized spacial score (nSPS) is 7.00. The minimum absolute atomic E-state index is 0. The molecule has 0 aliphatic rings. The molecule has 0 rings (SSSR count). The Balaban J connectivity index is -0.000000245. The van der Waals surface area contributed by atoms with Crippen LogP contribution in [0.5, 0.6) is 0 Å². The molecule has 0 aromatic carbocycles. The molecule has 62 valence electrons. The molecule has 2 N–H and O–H groups in total. The molecule has 0 atom stereocenters. The number of nitrogens with two attached hydrogens (primary N) is 1. The molecule has 0 aromatic rings. The molecule has 0 aliphatic carbocycles. The van der Waals surface area contributed by atoms with Crippen molar-refractivity contribution in [3.05, 3.63) is 0 Å². The fraction of sp³-hybridized carbons (Fsp3) is 1.00. The van der Waals surface area contributed by atoms with Crippen LogP contribution in [0.25, 0.3) is 0 Å². The van der Waals surface area contributed by atoms with E-state index in [-0.39, 0.29) is 55.1 Å². The standard InChI is InChI=1S/C5H12N.CH3.2BrH.Sn/c1-2-3-4-5-6;;;;/h1-6H2;1H3;2*1H;/q;;;;+2/p-2. The average Bonchev–Trinajstić information content (AvgIpc) is 1.81. The zero-order valence-electron chi connectivity index (χ0n) is 6.37. The van der Waals surface area contributed by atoms with Gasteiger partial charge in [0.2, 0.25) is 0 Å². The summed E-state index contributed by atoms with van der Waals surface area (Å²) in [5, 5.41) is 0. The second-order valence-electron chi connectivity index (χ2n) is 1.95. The van der Waals surface area contributed by atoms with E-state index < -0.39 is 0 Å². The number of rotatable bonds is 5. The van der Waals surface area contributed by atoms with Crippen LogP contribution in [0.4, 0.5) is 0 Å². The Kier molecular flexibility index (Phi) is 30.1. The summed E-state index contributed by atoms with van der Waals surface area (Å²) in [6.45, 7) is 0.884. The Morgan fingerprint density at radius 3 is 2.10 bits per heavy atom. The van der Waals surface area contributed by atoms with E-state index in [1.54, 1.807) is 4.44 Å². The Labute approximate surface area is 95.3 Å². The molecule has 0 aliphatic heterocycles. The minimum atomic E-state index is 0. The van der Waals surface area contributed by atoms with Gasteiger partial charge in [-0.2, -0.15) is 0 Å². The van der Waals surface area contributed by atoms with Gasteiger partial charge in [-0.05, 0) is 0 Å². The first-order valence-electron chi connectivity index (χ1n) is 3.26. The molecule has 0 saturated carbocycles. The third kappa shape index (κ3) is 16.4. The maximum absolute atomic E-state index is 5.32. The van der Waals surface area contributed by atoms with E-state index in [9.17, 15) is 0 Å². The molecule has 0 fully saturated rings. The van der Waals surface area contributed by atoms with Crippen LogP contribution in [0.3, 0.4) is 0 Å². The maximum atomic E-state index is 5.32. The van der Waals surface area contributed by atoms with Crippen LogP contribution in [0, 0.1) is 0 Å². The van der Waals surface area contributed by atoms with Crippen LogP contribution < -0.4 is 39.7 Å². The van der Waals surface area contributed by atoms with E-state index in [2.05, 4.69) is 4.94 Å². The van der Waals surface area contributed by atoms with Gasteiger partial charge in [0.05, 0.1) is 0 Å². The van der Waals surface area contributed by atoms with Gasteiger partial charge >= 0.3 is 62.1 Å². The third-order valence-electron chi connectivity index (χ3n) is 1.13. The van der Waals surface area contributed by atoms with Gasteiger partial charge in [0.25, 0.3) is 0 Å². The van der Waals surface area contributed by atoms with Crippen molar-refractivity contribution in [2.45, 2.75) is 28.6 Å². The molecule has 0 amide bonds. The molecule has 0 saturated heterocycles. The fourth-order valence-corrected chi connectivity index (χ4v) is 2.35. The summed E-state index contributed by atoms with van der Waals surface area (Å²) in [5.74, 6) is 0. The summed E-state index contributed by atoms with van der Waals surface area (Å²) in [4.78, 5) is 2.39. The van der Waals surface area contributed by atoms with Crippen LogP contribution in [0.2, 0.25) is 9.38 Å². The second-order valence-corrected chi connectivity index (χ2v) is 5.40. The van der Waals surface area contributed by atoms with E-state index in [0.29, 0.717) is 0 Å². The summed E-state index contributed by atoms with van der Waals surface area (Å²) in [7, 11) is 0. The van der Waals surface area contributed by atoms with Gasteiger partial charge in [0.1, 0.15) is 0 Å². The molecular weight excluding hydrogens is 365 g/mol. The van der Waals surface area contributed by atoms with E-state index in [1.165, 1.54) is 19.3 Å². The van der Waals surface area contributed by atoms with Crippen LogP contribution in [-0.4, -0.2) is 27.7 Å². The zero-order valence-corrected chi connectivity index (χ0v) is 12.4. The van der Waals surface area contributed by atoms with Gasteiger partial charge in [-0.15, -0.1) is 0 Å². The van der Waals surface area contributed by atoms with Crippen LogP contribution in [0.1, 0.15) is 19.3 Å². The Morgan fingerprint density at radius 2 is 1.70 bits per heavy atom. The summed E-state index contributed by atoms with van der Waals surface area (Å²) in [6.07, 6.45) is 4.05. The van der Waals surface area contributed by atoms with Crippen molar-refractivity contribution in [1.82, 2.24) is 0 Å². The molecule has 0 heterocycles. The first kappa shape index (κ1) is 17.7. The Bertz CT molecular complexity index is 40.7. The van der Waals surface area contributed by atoms with Crippen LogP contribution in [-0.2, 0) is 0 Å². The third-order valence-corrected chi connectivity index (χ3v) is 3.57. The van der Waals surface area contributed by atoms with Gasteiger partial charge in [-0.3, -0.25) is 0 Å². The summed E-state index contributed by atoms with van der Waals surface area (Å²) in [5.41, 5.74) is 5.32. The number of halogens is 2. The van der Waals surface area contributed by atoms with Crippen molar-refractivity contribution in [2.75, 3.05) is 6.54 Å². The van der Waals surface area contributed by atoms with Gasteiger partial charge in [0, 0.05) is 0 Å². The zero-order chi connectivity index (χ0) is 6.24. The number of unbranched alkanes of at least 4 members (excludes halogenated alkanes) is 2. The second kappa shape index (κ2) is 17.0. The van der Waals surface area contributed by atoms with Gasteiger partial charge in [-0.25, -0.2) is 0 Å². The number of hydrogen-bond donors (Lipinski definition) is 1. The van der Waals surface area contributed by atoms with E-state index >= 15 is 0 Å². The Morgan fingerprint density at radius 1 is 1.10 bits per heavy atom. The van der Waals surface area contributed by atoms with E-state index in [1.807, 2.05) is 0 Å². The molecular formula is C6H15Br2NSn. The fourth-order valence-electron chi connectivity index (χ4n) is 0.623. The summed E-state index contributed by atoms with van der Waals surface area (Å²) >= 11 is 0.126. The van der Waals surface area contributed by atoms with Crippen molar-refractivity contribution in [3.8, 4) is 0 Å². The van der Waals surface area contributed by atoms with Crippen molar-refractivity contribution in [1.29, 1.82) is 0 Å². The molecule has 0 aromatic heterocycles. The first-order valence-corrected chi connectivity index (χ1v) is 8.13. The molecule has 0 spiro atoms. The van der Waals surface area contributed by atoms with Crippen molar-refractivity contribution in [2.24, 2.45) is 5.73 Å². The Hall–Kier alpha value is 1.72. The van der Waals surface area contributed by atoms with Crippen molar-refractivity contribution >= 4 is 21.1 Å². The van der Waals surface area contributed by atoms with Crippen LogP contribution in [0.15, 0.2) is 0 Å². The first-order chi connectivity index (χ1) is 3.91. The van der Waals surface area contributed by atoms with Crippen molar-refractivity contribution < 1.29 is 34.0 Å². The van der Waals surface area contributed by atoms with Crippen molar-refractivity contribution in [3.63, 3.8) is 0 Å². The van der Waals surface area contributed by atoms with E-state index in [4.69, 9.17) is 5.73 Å². The predicted octanol–water partition coefficient (Wildman–Crippen LogP) is -4.71. The molecule has 4 heteroatoms.